The molecule has 4 aromatic heterocycles. The van der Waals surface area contributed by atoms with Crippen molar-refractivity contribution in [1.82, 2.24) is 28.7 Å². The third-order valence-electron chi connectivity index (χ3n) is 5.37. The second kappa shape index (κ2) is 6.46. The maximum Gasteiger partial charge on any atom is 0.341 e. The van der Waals surface area contributed by atoms with Crippen LogP contribution in [0.3, 0.4) is 0 Å². The lowest BCUT2D eigenvalue weighted by Crippen LogP contribution is -2.61. The molecular weight excluding hydrogens is 406 g/mol. The molecule has 152 valence electrons. The highest BCUT2D eigenvalue weighted by Crippen LogP contribution is 2.33. The summed E-state index contributed by atoms with van der Waals surface area (Å²) in [7, 11) is 0. The number of carboxylic acids is 1. The highest BCUT2D eigenvalue weighted by Gasteiger charge is 2.41. The average Bonchev–Trinajstić information content (AvgIpc) is 3.39. The Hall–Kier alpha value is -3.60. The van der Waals surface area contributed by atoms with E-state index < -0.39 is 11.4 Å². The number of carboxylic acid groups (broad SMARTS) is 1. The van der Waals surface area contributed by atoms with Gasteiger partial charge < -0.3 is 10.0 Å². The van der Waals surface area contributed by atoms with Crippen molar-refractivity contribution in [1.29, 1.82) is 0 Å². The second-order valence-corrected chi connectivity index (χ2v) is 8.33. The zero-order chi connectivity index (χ0) is 21.0. The molecule has 1 fully saturated rings. The fourth-order valence-corrected chi connectivity index (χ4v) is 4.39. The highest BCUT2D eigenvalue weighted by molar-refractivity contribution is 7.08. The Kier molecular flexibility index (Phi) is 3.97. The van der Waals surface area contributed by atoms with Gasteiger partial charge in [-0.05, 0) is 31.5 Å². The van der Waals surface area contributed by atoms with Crippen LogP contribution in [0.5, 0.6) is 0 Å². The molecule has 0 atom stereocenters. The van der Waals surface area contributed by atoms with Gasteiger partial charge in [-0.15, -0.1) is 0 Å². The molecule has 1 N–H and O–H groups in total. The molecule has 0 aliphatic carbocycles. The van der Waals surface area contributed by atoms with Gasteiger partial charge in [-0.25, -0.2) is 14.8 Å². The van der Waals surface area contributed by atoms with Crippen LogP contribution in [-0.4, -0.2) is 52.9 Å². The van der Waals surface area contributed by atoms with Crippen LogP contribution < -0.4 is 10.3 Å². The van der Waals surface area contributed by atoms with Crippen molar-refractivity contribution in [3.8, 4) is 5.13 Å². The van der Waals surface area contributed by atoms with Crippen LogP contribution in [0.25, 0.3) is 16.2 Å². The molecule has 0 unspecified atom stereocenters. The SMILES string of the molecule is Cc1cc(N2CC(C)(n3cccn3)C2)nc2c1c(=O)c(C(=O)O)cn2-c1ncns1. The summed E-state index contributed by atoms with van der Waals surface area (Å²) in [6, 6.07) is 3.72. The lowest BCUT2D eigenvalue weighted by atomic mass is 9.92. The molecule has 1 aliphatic rings. The molecule has 0 amide bonds. The zero-order valence-electron chi connectivity index (χ0n) is 16.2. The predicted molar refractivity (Wildman–Crippen MR) is 111 cm³/mol. The fraction of sp³-hybridized carbons (Fsp3) is 0.263. The molecule has 0 spiro atoms. The topological polar surface area (TPSA) is 119 Å². The Bertz CT molecular complexity index is 1320. The van der Waals surface area contributed by atoms with E-state index in [2.05, 4.69) is 26.3 Å². The van der Waals surface area contributed by atoms with E-state index in [0.29, 0.717) is 35.2 Å². The smallest absolute Gasteiger partial charge is 0.341 e. The summed E-state index contributed by atoms with van der Waals surface area (Å²) in [6.45, 7) is 5.34. The number of fused-ring (bicyclic) bond motifs is 1. The summed E-state index contributed by atoms with van der Waals surface area (Å²) in [5.74, 6) is -0.577. The van der Waals surface area contributed by atoms with Crippen molar-refractivity contribution >= 4 is 34.4 Å². The molecule has 11 heteroatoms. The van der Waals surface area contributed by atoms with Gasteiger partial charge in [-0.3, -0.25) is 14.0 Å². The van der Waals surface area contributed by atoms with E-state index in [1.807, 2.05) is 23.0 Å². The van der Waals surface area contributed by atoms with Crippen LogP contribution >= 0.6 is 11.5 Å². The Morgan fingerprint density at radius 2 is 2.13 bits per heavy atom. The summed E-state index contributed by atoms with van der Waals surface area (Å²) in [5, 5.41) is 14.5. The number of aromatic carboxylic acids is 1. The van der Waals surface area contributed by atoms with Crippen molar-refractivity contribution in [2.45, 2.75) is 19.4 Å². The van der Waals surface area contributed by atoms with Crippen molar-refractivity contribution in [3.05, 3.63) is 58.4 Å². The molecule has 0 aromatic carbocycles. The third-order valence-corrected chi connectivity index (χ3v) is 6.04. The maximum absolute atomic E-state index is 12.8. The first-order valence-electron chi connectivity index (χ1n) is 9.20. The van der Waals surface area contributed by atoms with Crippen molar-refractivity contribution in [2.24, 2.45) is 0 Å². The van der Waals surface area contributed by atoms with Crippen molar-refractivity contribution < 1.29 is 9.90 Å². The second-order valence-electron chi connectivity index (χ2n) is 7.57. The maximum atomic E-state index is 12.8. The average molecular weight is 423 g/mol. The summed E-state index contributed by atoms with van der Waals surface area (Å²) in [5.41, 5.74) is 0.00368. The molecule has 1 saturated heterocycles. The number of pyridine rings is 2. The van der Waals surface area contributed by atoms with Gasteiger partial charge in [0, 0.05) is 43.2 Å². The molecule has 5 rings (SSSR count). The summed E-state index contributed by atoms with van der Waals surface area (Å²) < 4.78 is 7.46. The van der Waals surface area contributed by atoms with E-state index in [1.54, 1.807) is 13.1 Å². The van der Waals surface area contributed by atoms with Gasteiger partial charge in [-0.1, -0.05) is 0 Å². The Labute approximate surface area is 174 Å². The largest absolute Gasteiger partial charge is 0.477 e. The minimum absolute atomic E-state index is 0.139. The normalized spacial score (nSPS) is 15.3. The number of hydrogen-bond acceptors (Lipinski definition) is 8. The fourth-order valence-electron chi connectivity index (χ4n) is 3.88. The Morgan fingerprint density at radius 1 is 1.33 bits per heavy atom. The third kappa shape index (κ3) is 2.70. The number of aromatic nitrogens is 6. The zero-order valence-corrected chi connectivity index (χ0v) is 17.0. The van der Waals surface area contributed by atoms with E-state index in [1.165, 1.54) is 17.1 Å². The Balaban J connectivity index is 1.65. The van der Waals surface area contributed by atoms with E-state index in [4.69, 9.17) is 4.98 Å². The van der Waals surface area contributed by atoms with Gasteiger partial charge in [0.05, 0.1) is 10.9 Å². The summed E-state index contributed by atoms with van der Waals surface area (Å²) in [4.78, 5) is 35.5. The van der Waals surface area contributed by atoms with Gasteiger partial charge in [0.1, 0.15) is 17.7 Å². The van der Waals surface area contributed by atoms with Gasteiger partial charge >= 0.3 is 5.97 Å². The molecule has 0 radical (unpaired) electrons. The summed E-state index contributed by atoms with van der Waals surface area (Å²) in [6.07, 6.45) is 6.35. The first kappa shape index (κ1) is 18.4. The molecule has 10 nitrogen and oxygen atoms in total. The minimum Gasteiger partial charge on any atom is -0.477 e. The molecule has 1 aliphatic heterocycles. The molecule has 5 heterocycles. The summed E-state index contributed by atoms with van der Waals surface area (Å²) >= 11 is 1.10. The van der Waals surface area contributed by atoms with Gasteiger partial charge in [0.25, 0.3) is 0 Å². The van der Waals surface area contributed by atoms with Crippen LogP contribution in [-0.2, 0) is 5.54 Å². The first-order valence-corrected chi connectivity index (χ1v) is 9.97. The lowest BCUT2D eigenvalue weighted by Gasteiger charge is -2.48. The van der Waals surface area contributed by atoms with Gasteiger partial charge in [0.15, 0.2) is 5.65 Å². The molecule has 30 heavy (non-hydrogen) atoms. The number of rotatable bonds is 4. The van der Waals surface area contributed by atoms with Crippen LogP contribution in [0.1, 0.15) is 22.8 Å². The molecule has 0 bridgehead atoms. The van der Waals surface area contributed by atoms with Crippen LogP contribution in [0, 0.1) is 6.92 Å². The van der Waals surface area contributed by atoms with Gasteiger partial charge in [-0.2, -0.15) is 9.47 Å². The van der Waals surface area contributed by atoms with E-state index in [9.17, 15) is 14.7 Å². The van der Waals surface area contributed by atoms with E-state index >= 15 is 0 Å². The minimum atomic E-state index is -1.29. The number of nitrogens with zero attached hydrogens (tertiary/aromatic N) is 7. The van der Waals surface area contributed by atoms with Gasteiger partial charge in [0.2, 0.25) is 10.6 Å². The van der Waals surface area contributed by atoms with E-state index in [0.717, 1.165) is 11.5 Å². The molecular formula is C19H17N7O3S. The monoisotopic (exact) mass is 423 g/mol. The Morgan fingerprint density at radius 3 is 2.77 bits per heavy atom. The van der Waals surface area contributed by atoms with Crippen LogP contribution in [0.15, 0.2) is 41.8 Å². The van der Waals surface area contributed by atoms with E-state index in [-0.39, 0.29) is 16.5 Å². The highest BCUT2D eigenvalue weighted by atomic mass is 32.1. The first-order chi connectivity index (χ1) is 14.4. The predicted octanol–water partition coefficient (Wildman–Crippen LogP) is 1.68. The number of hydrogen-bond donors (Lipinski definition) is 1. The molecule has 4 aromatic rings. The lowest BCUT2D eigenvalue weighted by molar-refractivity contribution is 0.0695. The quantitative estimate of drug-likeness (QED) is 0.527. The number of carbonyl (C=O) groups is 1. The van der Waals surface area contributed by atoms with Crippen molar-refractivity contribution in [2.75, 3.05) is 18.0 Å². The molecule has 0 saturated carbocycles. The van der Waals surface area contributed by atoms with Crippen LogP contribution in [0.2, 0.25) is 0 Å². The number of anilines is 1. The van der Waals surface area contributed by atoms with Crippen LogP contribution in [0.4, 0.5) is 5.82 Å². The van der Waals surface area contributed by atoms with Crippen molar-refractivity contribution in [3.63, 3.8) is 0 Å². The standard InChI is InChI=1S/C19H17N7O3S/c1-11-6-13(24-8-19(2,9-24)26-5-3-4-21-26)23-16-14(11)15(27)12(17(28)29)7-25(16)18-20-10-22-30-18/h3-7,10H,8-9H2,1-2H3,(H,28,29). The number of aryl methyl sites for hydroxylation is 1.